The second-order valence-corrected chi connectivity index (χ2v) is 6.12. The quantitative estimate of drug-likeness (QED) is 0.812. The molecule has 0 heterocycles. The standard InChI is InChI=1S/C16H25N3O/c1-11(2)10-19(12-5-3-4-6-12)13-7-8-15(17)14(9-13)16(18)20/h7-9,11-12H,3-6,10,17H2,1-2H3,(H2,18,20). The molecule has 0 bridgehead atoms. The van der Waals surface area contributed by atoms with Crippen LogP contribution in [0.4, 0.5) is 11.4 Å². The zero-order chi connectivity index (χ0) is 14.7. The van der Waals surface area contributed by atoms with Crippen LogP contribution in [0, 0.1) is 5.92 Å². The maximum Gasteiger partial charge on any atom is 0.250 e. The number of nitrogens with two attached hydrogens (primary N) is 2. The van der Waals surface area contributed by atoms with E-state index in [2.05, 4.69) is 18.7 Å². The van der Waals surface area contributed by atoms with Crippen molar-refractivity contribution in [1.82, 2.24) is 0 Å². The monoisotopic (exact) mass is 275 g/mol. The molecule has 110 valence electrons. The minimum absolute atomic E-state index is 0.425. The largest absolute Gasteiger partial charge is 0.398 e. The molecule has 4 nitrogen and oxygen atoms in total. The second-order valence-electron chi connectivity index (χ2n) is 6.12. The fourth-order valence-electron chi connectivity index (χ4n) is 3.01. The van der Waals surface area contributed by atoms with Crippen molar-refractivity contribution in [2.45, 2.75) is 45.6 Å². The molecule has 1 fully saturated rings. The Bertz CT molecular complexity index is 479. The van der Waals surface area contributed by atoms with E-state index in [9.17, 15) is 4.79 Å². The minimum atomic E-state index is -0.458. The number of anilines is 2. The summed E-state index contributed by atoms with van der Waals surface area (Å²) in [6.07, 6.45) is 5.03. The van der Waals surface area contributed by atoms with Crippen molar-refractivity contribution in [2.24, 2.45) is 11.7 Å². The number of hydrogen-bond acceptors (Lipinski definition) is 3. The number of rotatable bonds is 5. The average Bonchev–Trinajstić information content (AvgIpc) is 2.90. The number of amides is 1. The smallest absolute Gasteiger partial charge is 0.250 e. The fraction of sp³-hybridized carbons (Fsp3) is 0.562. The molecular formula is C16H25N3O. The van der Waals surface area contributed by atoms with Crippen molar-refractivity contribution in [3.05, 3.63) is 23.8 Å². The Morgan fingerprint density at radius 3 is 2.55 bits per heavy atom. The lowest BCUT2D eigenvalue weighted by atomic mass is 10.1. The Balaban J connectivity index is 2.32. The average molecular weight is 275 g/mol. The summed E-state index contributed by atoms with van der Waals surface area (Å²) < 4.78 is 0. The van der Waals surface area contributed by atoms with E-state index in [1.165, 1.54) is 25.7 Å². The normalized spacial score (nSPS) is 15.8. The van der Waals surface area contributed by atoms with Gasteiger partial charge in [0.05, 0.1) is 5.56 Å². The molecule has 4 heteroatoms. The molecule has 2 rings (SSSR count). The van der Waals surface area contributed by atoms with Gasteiger partial charge < -0.3 is 16.4 Å². The Morgan fingerprint density at radius 1 is 1.35 bits per heavy atom. The van der Waals surface area contributed by atoms with E-state index in [-0.39, 0.29) is 0 Å². The molecule has 1 aliphatic carbocycles. The summed E-state index contributed by atoms with van der Waals surface area (Å²) in [5.74, 6) is 0.116. The van der Waals surface area contributed by atoms with Crippen LogP contribution in [-0.2, 0) is 0 Å². The molecule has 0 spiro atoms. The van der Waals surface area contributed by atoms with Crippen LogP contribution in [0.25, 0.3) is 0 Å². The topological polar surface area (TPSA) is 72.3 Å². The van der Waals surface area contributed by atoms with Gasteiger partial charge in [0.25, 0.3) is 5.91 Å². The van der Waals surface area contributed by atoms with Crippen LogP contribution in [0.3, 0.4) is 0 Å². The molecule has 0 saturated heterocycles. The molecule has 0 aliphatic heterocycles. The highest BCUT2D eigenvalue weighted by atomic mass is 16.1. The number of carbonyl (C=O) groups excluding carboxylic acids is 1. The zero-order valence-electron chi connectivity index (χ0n) is 12.4. The van der Waals surface area contributed by atoms with E-state index in [0.717, 1.165) is 12.2 Å². The van der Waals surface area contributed by atoms with Crippen molar-refractivity contribution in [1.29, 1.82) is 0 Å². The van der Waals surface area contributed by atoms with E-state index in [1.807, 2.05) is 12.1 Å². The molecule has 4 N–H and O–H groups in total. The second kappa shape index (κ2) is 6.16. The molecule has 0 aromatic heterocycles. The summed E-state index contributed by atoms with van der Waals surface area (Å²) >= 11 is 0. The summed E-state index contributed by atoms with van der Waals surface area (Å²) in [4.78, 5) is 13.9. The minimum Gasteiger partial charge on any atom is -0.398 e. The number of hydrogen-bond donors (Lipinski definition) is 2. The molecule has 0 atom stereocenters. The third kappa shape index (κ3) is 3.24. The van der Waals surface area contributed by atoms with Crippen LogP contribution < -0.4 is 16.4 Å². The number of nitrogens with zero attached hydrogens (tertiary/aromatic N) is 1. The van der Waals surface area contributed by atoms with Gasteiger partial charge in [-0.25, -0.2) is 0 Å². The van der Waals surface area contributed by atoms with Crippen LogP contribution in [0.15, 0.2) is 18.2 Å². The maximum atomic E-state index is 11.5. The first-order valence-electron chi connectivity index (χ1n) is 7.45. The van der Waals surface area contributed by atoms with Gasteiger partial charge in [0.1, 0.15) is 0 Å². The maximum absolute atomic E-state index is 11.5. The van der Waals surface area contributed by atoms with Crippen LogP contribution in [-0.4, -0.2) is 18.5 Å². The molecule has 1 aromatic rings. The molecule has 20 heavy (non-hydrogen) atoms. The molecular weight excluding hydrogens is 250 g/mol. The third-order valence-electron chi connectivity index (χ3n) is 3.96. The van der Waals surface area contributed by atoms with Gasteiger partial charge >= 0.3 is 0 Å². The zero-order valence-corrected chi connectivity index (χ0v) is 12.4. The van der Waals surface area contributed by atoms with Crippen molar-refractivity contribution in [3.63, 3.8) is 0 Å². The Kier molecular flexibility index (Phi) is 4.53. The third-order valence-corrected chi connectivity index (χ3v) is 3.96. The SMILES string of the molecule is CC(C)CN(c1ccc(N)c(C(N)=O)c1)C1CCCC1. The summed E-state index contributed by atoms with van der Waals surface area (Å²) in [5, 5.41) is 0. The van der Waals surface area contributed by atoms with Gasteiger partial charge in [-0.1, -0.05) is 26.7 Å². The Labute approximate surface area is 121 Å². The molecule has 1 amide bonds. The van der Waals surface area contributed by atoms with Crippen LogP contribution >= 0.6 is 0 Å². The number of benzene rings is 1. The van der Waals surface area contributed by atoms with Crippen LogP contribution in [0.1, 0.15) is 49.9 Å². The van der Waals surface area contributed by atoms with Crippen LogP contribution in [0.5, 0.6) is 0 Å². The number of nitrogen functional groups attached to an aromatic ring is 1. The van der Waals surface area contributed by atoms with E-state index in [4.69, 9.17) is 11.5 Å². The highest BCUT2D eigenvalue weighted by Crippen LogP contribution is 2.30. The van der Waals surface area contributed by atoms with Crippen molar-refractivity contribution in [2.75, 3.05) is 17.2 Å². The van der Waals surface area contributed by atoms with E-state index >= 15 is 0 Å². The summed E-state index contributed by atoms with van der Waals surface area (Å²) in [5.41, 5.74) is 13.2. The van der Waals surface area contributed by atoms with E-state index in [1.54, 1.807) is 6.07 Å². The summed E-state index contributed by atoms with van der Waals surface area (Å²) in [6.45, 7) is 5.43. The predicted molar refractivity (Wildman–Crippen MR) is 83.8 cm³/mol. The van der Waals surface area contributed by atoms with Gasteiger partial charge in [0, 0.05) is 24.0 Å². The van der Waals surface area contributed by atoms with Gasteiger partial charge in [0.15, 0.2) is 0 Å². The van der Waals surface area contributed by atoms with Crippen molar-refractivity contribution >= 4 is 17.3 Å². The van der Waals surface area contributed by atoms with E-state index in [0.29, 0.717) is 23.2 Å². The predicted octanol–water partition coefficient (Wildman–Crippen LogP) is 2.77. The fourth-order valence-corrected chi connectivity index (χ4v) is 3.01. The molecule has 0 unspecified atom stereocenters. The van der Waals surface area contributed by atoms with Gasteiger partial charge in [-0.15, -0.1) is 0 Å². The van der Waals surface area contributed by atoms with Crippen molar-refractivity contribution < 1.29 is 4.79 Å². The number of primary amides is 1. The summed E-state index contributed by atoms with van der Waals surface area (Å²) in [7, 11) is 0. The lowest BCUT2D eigenvalue weighted by Crippen LogP contribution is -2.36. The van der Waals surface area contributed by atoms with Gasteiger partial charge in [-0.05, 0) is 37.0 Å². The highest BCUT2D eigenvalue weighted by Gasteiger charge is 2.24. The van der Waals surface area contributed by atoms with Gasteiger partial charge in [0.2, 0.25) is 0 Å². The van der Waals surface area contributed by atoms with Crippen LogP contribution in [0.2, 0.25) is 0 Å². The molecule has 1 aromatic carbocycles. The first-order chi connectivity index (χ1) is 9.49. The van der Waals surface area contributed by atoms with Gasteiger partial charge in [-0.3, -0.25) is 4.79 Å². The molecule has 1 aliphatic rings. The molecule has 1 saturated carbocycles. The molecule has 0 radical (unpaired) electrons. The van der Waals surface area contributed by atoms with Crippen molar-refractivity contribution in [3.8, 4) is 0 Å². The van der Waals surface area contributed by atoms with E-state index < -0.39 is 5.91 Å². The number of carbonyl (C=O) groups is 1. The van der Waals surface area contributed by atoms with Gasteiger partial charge in [-0.2, -0.15) is 0 Å². The Hall–Kier alpha value is -1.71. The highest BCUT2D eigenvalue weighted by molar-refractivity contribution is 5.99. The lowest BCUT2D eigenvalue weighted by molar-refractivity contribution is 0.100. The Morgan fingerprint density at radius 2 is 2.00 bits per heavy atom. The first-order valence-corrected chi connectivity index (χ1v) is 7.45. The lowest BCUT2D eigenvalue weighted by Gasteiger charge is -2.33. The first kappa shape index (κ1) is 14.7. The summed E-state index contributed by atoms with van der Waals surface area (Å²) in [6, 6.07) is 6.21.